The van der Waals surface area contributed by atoms with E-state index in [2.05, 4.69) is 10.6 Å². The zero-order chi connectivity index (χ0) is 21.7. The zero-order valence-corrected chi connectivity index (χ0v) is 17.9. The zero-order valence-electron chi connectivity index (χ0n) is 16.3. The lowest BCUT2D eigenvalue weighted by Gasteiger charge is -2.24. The molecule has 30 heavy (non-hydrogen) atoms. The average molecular weight is 445 g/mol. The largest absolute Gasteiger partial charge is 0.355 e. The Kier molecular flexibility index (Phi) is 7.02. The van der Waals surface area contributed by atoms with Gasteiger partial charge in [0.15, 0.2) is 5.11 Å². The summed E-state index contributed by atoms with van der Waals surface area (Å²) in [7, 11) is 0. The Morgan fingerprint density at radius 3 is 2.53 bits per heavy atom. The Morgan fingerprint density at radius 1 is 1.13 bits per heavy atom. The van der Waals surface area contributed by atoms with Crippen LogP contribution in [-0.4, -0.2) is 46.9 Å². The van der Waals surface area contributed by atoms with E-state index in [1.54, 1.807) is 41.3 Å². The fraction of sp³-hybridized carbons (Fsp3) is 0.238. The fourth-order valence-corrected chi connectivity index (χ4v) is 3.80. The normalized spacial score (nSPS) is 16.0. The molecule has 3 rings (SSSR count). The summed E-state index contributed by atoms with van der Waals surface area (Å²) < 4.78 is 0. The fourth-order valence-electron chi connectivity index (χ4n) is 3.20. The molecule has 0 bridgehead atoms. The van der Waals surface area contributed by atoms with Crippen LogP contribution < -0.4 is 15.5 Å². The highest BCUT2D eigenvalue weighted by atomic mass is 35.5. The number of nitrogens with zero attached hydrogens (tertiary/aromatic N) is 2. The number of hydrogen-bond acceptors (Lipinski definition) is 4. The van der Waals surface area contributed by atoms with E-state index in [-0.39, 0.29) is 29.3 Å². The molecule has 7 nitrogen and oxygen atoms in total. The average Bonchev–Trinajstić information content (AvgIpc) is 2.92. The highest BCUT2D eigenvalue weighted by molar-refractivity contribution is 7.80. The minimum atomic E-state index is -0.783. The number of rotatable bonds is 7. The molecule has 1 heterocycles. The molecule has 0 saturated carbocycles. The summed E-state index contributed by atoms with van der Waals surface area (Å²) in [5.41, 5.74) is 1.18. The Balaban J connectivity index is 1.81. The van der Waals surface area contributed by atoms with Gasteiger partial charge in [-0.1, -0.05) is 35.9 Å². The minimum Gasteiger partial charge on any atom is -0.355 e. The number of para-hydroxylation sites is 1. The summed E-state index contributed by atoms with van der Waals surface area (Å²) in [6.07, 6.45) is -0.0784. The Labute approximate surface area is 185 Å². The van der Waals surface area contributed by atoms with Crippen LogP contribution in [-0.2, 0) is 14.4 Å². The quantitative estimate of drug-likeness (QED) is 0.642. The lowest BCUT2D eigenvalue weighted by Crippen LogP contribution is -2.42. The number of amides is 3. The first-order valence-corrected chi connectivity index (χ1v) is 10.1. The van der Waals surface area contributed by atoms with Crippen molar-refractivity contribution >= 4 is 58.0 Å². The van der Waals surface area contributed by atoms with Crippen molar-refractivity contribution in [3.05, 3.63) is 59.6 Å². The van der Waals surface area contributed by atoms with E-state index >= 15 is 0 Å². The van der Waals surface area contributed by atoms with Gasteiger partial charge in [0.05, 0.1) is 12.1 Å². The summed E-state index contributed by atoms with van der Waals surface area (Å²) >= 11 is 11.6. The molecule has 2 N–H and O–H groups in total. The molecule has 1 atom stereocenters. The molecular formula is C21H21ClN4O3S. The third-order valence-corrected chi connectivity index (χ3v) is 5.20. The second-order valence-corrected chi connectivity index (χ2v) is 7.55. The van der Waals surface area contributed by atoms with Crippen LogP contribution in [0.1, 0.15) is 13.3 Å². The van der Waals surface area contributed by atoms with Crippen molar-refractivity contribution < 1.29 is 14.4 Å². The van der Waals surface area contributed by atoms with Crippen molar-refractivity contribution in [3.63, 3.8) is 0 Å². The maximum absolute atomic E-state index is 13.2. The van der Waals surface area contributed by atoms with Gasteiger partial charge in [0.25, 0.3) is 5.91 Å². The van der Waals surface area contributed by atoms with Gasteiger partial charge in [-0.05, 0) is 42.5 Å². The van der Waals surface area contributed by atoms with Crippen LogP contribution in [0.25, 0.3) is 0 Å². The van der Waals surface area contributed by atoms with E-state index in [4.69, 9.17) is 23.8 Å². The predicted molar refractivity (Wildman–Crippen MR) is 120 cm³/mol. The van der Waals surface area contributed by atoms with Crippen LogP contribution in [0.4, 0.5) is 11.4 Å². The van der Waals surface area contributed by atoms with Gasteiger partial charge >= 0.3 is 0 Å². The molecule has 1 fully saturated rings. The van der Waals surface area contributed by atoms with Gasteiger partial charge in [-0.2, -0.15) is 0 Å². The molecular weight excluding hydrogens is 424 g/mol. The van der Waals surface area contributed by atoms with E-state index in [0.29, 0.717) is 29.5 Å². The van der Waals surface area contributed by atoms with Gasteiger partial charge in [-0.25, -0.2) is 0 Å². The summed E-state index contributed by atoms with van der Waals surface area (Å²) in [4.78, 5) is 40.1. The maximum atomic E-state index is 13.2. The van der Waals surface area contributed by atoms with E-state index in [0.717, 1.165) is 0 Å². The molecule has 0 spiro atoms. The lowest BCUT2D eigenvalue weighted by atomic mass is 10.1. The summed E-state index contributed by atoms with van der Waals surface area (Å²) in [5.74, 6) is -0.801. The molecule has 1 aliphatic heterocycles. The number of anilines is 2. The summed E-state index contributed by atoms with van der Waals surface area (Å²) in [6, 6.07) is 15.0. The van der Waals surface area contributed by atoms with Gasteiger partial charge < -0.3 is 15.5 Å². The SMILES string of the molecule is CC(=O)NCCN1C(=S)N(c2cccc(Cl)c2)C(=O)[C@@H]1CC(=O)Nc1ccccc1. The second-order valence-electron chi connectivity index (χ2n) is 6.75. The van der Waals surface area contributed by atoms with Gasteiger partial charge in [0.2, 0.25) is 11.8 Å². The first kappa shape index (κ1) is 21.7. The molecule has 2 aromatic rings. The van der Waals surface area contributed by atoms with Gasteiger partial charge in [0.1, 0.15) is 6.04 Å². The van der Waals surface area contributed by atoms with Crippen molar-refractivity contribution in [3.8, 4) is 0 Å². The van der Waals surface area contributed by atoms with Crippen LogP contribution >= 0.6 is 23.8 Å². The van der Waals surface area contributed by atoms with Crippen LogP contribution in [0.15, 0.2) is 54.6 Å². The Hall–Kier alpha value is -2.97. The van der Waals surface area contributed by atoms with Crippen molar-refractivity contribution in [2.75, 3.05) is 23.3 Å². The van der Waals surface area contributed by atoms with Crippen LogP contribution in [0, 0.1) is 0 Å². The first-order chi connectivity index (χ1) is 14.4. The molecule has 0 unspecified atom stereocenters. The first-order valence-electron chi connectivity index (χ1n) is 9.36. The van der Waals surface area contributed by atoms with Gasteiger partial charge in [0, 0.05) is 30.7 Å². The van der Waals surface area contributed by atoms with Crippen LogP contribution in [0.2, 0.25) is 5.02 Å². The molecule has 3 amide bonds. The molecule has 2 aromatic carbocycles. The number of thiocarbonyl (C=S) groups is 1. The molecule has 1 aliphatic rings. The third-order valence-electron chi connectivity index (χ3n) is 4.55. The van der Waals surface area contributed by atoms with Crippen molar-refractivity contribution in [1.29, 1.82) is 0 Å². The lowest BCUT2D eigenvalue weighted by molar-refractivity contribution is -0.124. The second kappa shape index (κ2) is 9.69. The van der Waals surface area contributed by atoms with Gasteiger partial charge in [-0.3, -0.25) is 19.3 Å². The van der Waals surface area contributed by atoms with Crippen molar-refractivity contribution in [2.24, 2.45) is 0 Å². The highest BCUT2D eigenvalue weighted by Crippen LogP contribution is 2.28. The van der Waals surface area contributed by atoms with E-state index in [1.807, 2.05) is 18.2 Å². The topological polar surface area (TPSA) is 81.8 Å². The standard InChI is InChI=1S/C21H21ClN4O3S/c1-14(27)23-10-11-25-18(13-19(28)24-16-7-3-2-4-8-16)20(29)26(21(25)30)17-9-5-6-15(22)12-17/h2-9,12,18H,10-11,13H2,1H3,(H,23,27)(H,24,28)/t18-/m0/s1. The molecule has 0 aromatic heterocycles. The summed E-state index contributed by atoms with van der Waals surface area (Å²) in [6.45, 7) is 2.00. The minimum absolute atomic E-state index is 0.0784. The van der Waals surface area contributed by atoms with Crippen molar-refractivity contribution in [1.82, 2.24) is 10.2 Å². The molecule has 156 valence electrons. The van der Waals surface area contributed by atoms with E-state index in [9.17, 15) is 14.4 Å². The number of carbonyl (C=O) groups excluding carboxylic acids is 3. The maximum Gasteiger partial charge on any atom is 0.256 e. The third kappa shape index (κ3) is 5.14. The van der Waals surface area contributed by atoms with Gasteiger partial charge in [-0.15, -0.1) is 0 Å². The molecule has 1 saturated heterocycles. The van der Waals surface area contributed by atoms with E-state index < -0.39 is 6.04 Å². The number of hydrogen-bond donors (Lipinski definition) is 2. The molecule has 9 heteroatoms. The predicted octanol–water partition coefficient (Wildman–Crippen LogP) is 2.81. The van der Waals surface area contributed by atoms with Crippen LogP contribution in [0.3, 0.4) is 0 Å². The smallest absolute Gasteiger partial charge is 0.256 e. The summed E-state index contributed by atoms with van der Waals surface area (Å²) in [5, 5.41) is 6.23. The number of benzene rings is 2. The molecule has 0 radical (unpaired) electrons. The molecule has 0 aliphatic carbocycles. The number of carbonyl (C=O) groups is 3. The van der Waals surface area contributed by atoms with Crippen molar-refractivity contribution in [2.45, 2.75) is 19.4 Å². The van der Waals surface area contributed by atoms with Crippen LogP contribution in [0.5, 0.6) is 0 Å². The monoisotopic (exact) mass is 444 g/mol. The Bertz CT molecular complexity index is 970. The number of halogens is 1. The highest BCUT2D eigenvalue weighted by Gasteiger charge is 2.43. The number of nitrogens with one attached hydrogen (secondary N) is 2. The Morgan fingerprint density at radius 2 is 1.87 bits per heavy atom. The van der Waals surface area contributed by atoms with E-state index in [1.165, 1.54) is 11.8 Å².